The van der Waals surface area contributed by atoms with Gasteiger partial charge < -0.3 is 16.0 Å². The first-order chi connectivity index (χ1) is 11.2. The molecule has 1 amide bonds. The molecule has 0 aliphatic heterocycles. The van der Waals surface area contributed by atoms with Gasteiger partial charge >= 0.3 is 0 Å². The summed E-state index contributed by atoms with van der Waals surface area (Å²) in [5, 5.41) is 9.16. The van der Waals surface area contributed by atoms with Gasteiger partial charge in [-0.05, 0) is 31.0 Å². The van der Waals surface area contributed by atoms with Crippen LogP contribution in [0, 0.1) is 18.2 Å². The number of nitrogens with one attached hydrogen (secondary N) is 3. The van der Waals surface area contributed by atoms with Crippen molar-refractivity contribution >= 4 is 35.8 Å². The van der Waals surface area contributed by atoms with Gasteiger partial charge in [-0.2, -0.15) is 0 Å². The number of aryl methyl sites for hydroxylation is 1. The summed E-state index contributed by atoms with van der Waals surface area (Å²) in [5.74, 6) is 0.440. The second-order valence-electron chi connectivity index (χ2n) is 6.71. The first-order valence-electron chi connectivity index (χ1n) is 8.29. The number of nitrogens with zero attached hydrogens (tertiary/aromatic N) is 1. The summed E-state index contributed by atoms with van der Waals surface area (Å²) in [5.41, 5.74) is 1.05. The second kappa shape index (κ2) is 11.3. The summed E-state index contributed by atoms with van der Waals surface area (Å²) in [6.07, 6.45) is 0. The summed E-state index contributed by atoms with van der Waals surface area (Å²) in [6.45, 7) is 11.5. The van der Waals surface area contributed by atoms with Gasteiger partial charge in [0.15, 0.2) is 5.96 Å². The number of hydrogen-bond donors (Lipinski definition) is 3. The molecule has 0 radical (unpaired) electrons. The molecule has 0 saturated carbocycles. The van der Waals surface area contributed by atoms with Crippen LogP contribution in [0.25, 0.3) is 0 Å². The smallest absolute Gasteiger partial charge is 0.225 e. The standard InChI is InChI=1S/C18H29FN4O.HI/c1-6-20-17(22-10-9-21-16(24)18(3,4)5)23-12-14-8-7-13(2)15(19)11-14;/h7-8,11H,6,9-10,12H2,1-5H3,(H,21,24)(H2,20,22,23);1H. The van der Waals surface area contributed by atoms with Crippen molar-refractivity contribution in [2.75, 3.05) is 19.6 Å². The lowest BCUT2D eigenvalue weighted by Crippen LogP contribution is -2.43. The number of carbonyl (C=O) groups excluding carboxylic acids is 1. The zero-order valence-electron chi connectivity index (χ0n) is 15.7. The van der Waals surface area contributed by atoms with Gasteiger partial charge in [0.2, 0.25) is 5.91 Å². The van der Waals surface area contributed by atoms with Crippen LogP contribution in [-0.2, 0) is 11.3 Å². The van der Waals surface area contributed by atoms with Crippen molar-refractivity contribution < 1.29 is 9.18 Å². The third kappa shape index (κ3) is 9.04. The summed E-state index contributed by atoms with van der Waals surface area (Å²) in [4.78, 5) is 16.2. The number of halogens is 2. The van der Waals surface area contributed by atoms with Crippen molar-refractivity contribution in [1.29, 1.82) is 0 Å². The van der Waals surface area contributed by atoms with Crippen molar-refractivity contribution in [1.82, 2.24) is 16.0 Å². The fourth-order valence-electron chi connectivity index (χ4n) is 1.87. The van der Waals surface area contributed by atoms with Gasteiger partial charge in [0, 0.05) is 25.0 Å². The third-order valence-corrected chi connectivity index (χ3v) is 3.38. The normalized spacial score (nSPS) is 11.5. The van der Waals surface area contributed by atoms with Gasteiger partial charge in [-0.15, -0.1) is 24.0 Å². The van der Waals surface area contributed by atoms with Crippen molar-refractivity contribution in [3.63, 3.8) is 0 Å². The molecule has 0 bridgehead atoms. The molecule has 1 aromatic rings. The van der Waals surface area contributed by atoms with E-state index in [0.717, 1.165) is 12.1 Å². The van der Waals surface area contributed by atoms with Gasteiger partial charge in [-0.1, -0.05) is 32.9 Å². The summed E-state index contributed by atoms with van der Waals surface area (Å²) >= 11 is 0. The number of rotatable bonds is 6. The maximum Gasteiger partial charge on any atom is 0.225 e. The van der Waals surface area contributed by atoms with Gasteiger partial charge in [0.05, 0.1) is 6.54 Å². The minimum absolute atomic E-state index is 0. The SMILES string of the molecule is CCNC(=NCc1ccc(C)c(F)c1)NCCNC(=O)C(C)(C)C.I. The van der Waals surface area contributed by atoms with Crippen LogP contribution in [0.3, 0.4) is 0 Å². The van der Waals surface area contributed by atoms with E-state index in [2.05, 4.69) is 20.9 Å². The molecule has 142 valence electrons. The molecule has 0 fully saturated rings. The molecule has 0 aliphatic carbocycles. The molecule has 1 aromatic carbocycles. The topological polar surface area (TPSA) is 65.5 Å². The summed E-state index contributed by atoms with van der Waals surface area (Å²) in [7, 11) is 0. The van der Waals surface area contributed by atoms with E-state index in [1.807, 2.05) is 33.8 Å². The Kier molecular flexibility index (Phi) is 10.7. The number of hydrogen-bond acceptors (Lipinski definition) is 2. The lowest BCUT2D eigenvalue weighted by Gasteiger charge is -2.18. The Labute approximate surface area is 167 Å². The van der Waals surface area contributed by atoms with Crippen LogP contribution in [0.2, 0.25) is 0 Å². The Morgan fingerprint density at radius 3 is 2.36 bits per heavy atom. The molecule has 7 heteroatoms. The van der Waals surface area contributed by atoms with E-state index in [0.29, 0.717) is 31.2 Å². The monoisotopic (exact) mass is 464 g/mol. The molecular formula is C18H30FIN4O. The first kappa shape index (κ1) is 23.6. The molecule has 3 N–H and O–H groups in total. The van der Waals surface area contributed by atoms with E-state index in [-0.39, 0.29) is 35.7 Å². The Balaban J connectivity index is 0.00000576. The average molecular weight is 464 g/mol. The van der Waals surface area contributed by atoms with Crippen molar-refractivity contribution in [3.8, 4) is 0 Å². The molecule has 0 aliphatic rings. The predicted molar refractivity (Wildman–Crippen MR) is 112 cm³/mol. The first-order valence-corrected chi connectivity index (χ1v) is 8.29. The summed E-state index contributed by atoms with van der Waals surface area (Å²) in [6, 6.07) is 5.13. The van der Waals surface area contributed by atoms with E-state index in [1.165, 1.54) is 6.07 Å². The lowest BCUT2D eigenvalue weighted by molar-refractivity contribution is -0.128. The molecule has 5 nitrogen and oxygen atoms in total. The number of aliphatic imine (C=N–C) groups is 1. The average Bonchev–Trinajstić information content (AvgIpc) is 2.51. The lowest BCUT2D eigenvalue weighted by atomic mass is 9.96. The maximum atomic E-state index is 13.6. The van der Waals surface area contributed by atoms with Crippen LogP contribution in [0.4, 0.5) is 4.39 Å². The molecule has 0 spiro atoms. The fourth-order valence-corrected chi connectivity index (χ4v) is 1.87. The highest BCUT2D eigenvalue weighted by atomic mass is 127. The molecule has 0 aromatic heterocycles. The molecule has 0 unspecified atom stereocenters. The van der Waals surface area contributed by atoms with E-state index in [9.17, 15) is 9.18 Å². The van der Waals surface area contributed by atoms with Crippen molar-refractivity contribution in [2.45, 2.75) is 41.2 Å². The highest BCUT2D eigenvalue weighted by Gasteiger charge is 2.20. The Morgan fingerprint density at radius 1 is 1.16 bits per heavy atom. The second-order valence-corrected chi connectivity index (χ2v) is 6.71. The Bertz CT molecular complexity index is 585. The van der Waals surface area contributed by atoms with Gasteiger partial charge in [-0.25, -0.2) is 9.38 Å². The van der Waals surface area contributed by atoms with Crippen molar-refractivity contribution in [3.05, 3.63) is 35.1 Å². The largest absolute Gasteiger partial charge is 0.357 e. The van der Waals surface area contributed by atoms with Crippen LogP contribution in [0.1, 0.15) is 38.8 Å². The zero-order valence-corrected chi connectivity index (χ0v) is 18.0. The van der Waals surface area contributed by atoms with Crippen molar-refractivity contribution in [2.24, 2.45) is 10.4 Å². The van der Waals surface area contributed by atoms with Crippen LogP contribution < -0.4 is 16.0 Å². The van der Waals surface area contributed by atoms with Crippen LogP contribution in [0.15, 0.2) is 23.2 Å². The minimum Gasteiger partial charge on any atom is -0.357 e. The third-order valence-electron chi connectivity index (χ3n) is 3.38. The van der Waals surface area contributed by atoms with Gasteiger partial charge in [0.25, 0.3) is 0 Å². The fraction of sp³-hybridized carbons (Fsp3) is 0.556. The Hall–Kier alpha value is -1.38. The van der Waals surface area contributed by atoms with Gasteiger partial charge in [0.1, 0.15) is 5.82 Å². The van der Waals surface area contributed by atoms with Crippen LogP contribution in [-0.4, -0.2) is 31.5 Å². The number of guanidine groups is 1. The van der Waals surface area contributed by atoms with Crippen LogP contribution in [0.5, 0.6) is 0 Å². The van der Waals surface area contributed by atoms with E-state index in [1.54, 1.807) is 13.0 Å². The zero-order chi connectivity index (χ0) is 18.2. The molecule has 25 heavy (non-hydrogen) atoms. The number of amides is 1. The number of benzene rings is 1. The van der Waals surface area contributed by atoms with Gasteiger partial charge in [-0.3, -0.25) is 4.79 Å². The molecule has 0 heterocycles. The van der Waals surface area contributed by atoms with E-state index >= 15 is 0 Å². The predicted octanol–water partition coefficient (Wildman–Crippen LogP) is 2.97. The summed E-state index contributed by atoms with van der Waals surface area (Å²) < 4.78 is 13.6. The Morgan fingerprint density at radius 2 is 1.80 bits per heavy atom. The molecule has 1 rings (SSSR count). The highest BCUT2D eigenvalue weighted by Crippen LogP contribution is 2.12. The quantitative estimate of drug-likeness (QED) is 0.263. The highest BCUT2D eigenvalue weighted by molar-refractivity contribution is 14.0. The molecule has 0 atom stereocenters. The number of carbonyl (C=O) groups is 1. The van der Waals surface area contributed by atoms with E-state index in [4.69, 9.17) is 0 Å². The van der Waals surface area contributed by atoms with Crippen LogP contribution >= 0.6 is 24.0 Å². The molecule has 0 saturated heterocycles. The molecular weight excluding hydrogens is 434 g/mol. The minimum atomic E-state index is -0.395. The maximum absolute atomic E-state index is 13.6. The van der Waals surface area contributed by atoms with E-state index < -0.39 is 5.41 Å².